The van der Waals surface area contributed by atoms with E-state index in [-0.39, 0.29) is 37.3 Å². The summed E-state index contributed by atoms with van der Waals surface area (Å²) in [5, 5.41) is 5.77. The molecule has 1 fully saturated rings. The third kappa shape index (κ3) is 7.78. The summed E-state index contributed by atoms with van der Waals surface area (Å²) < 4.78 is 9.69. The second-order valence-electron chi connectivity index (χ2n) is 6.65. The molecule has 0 aliphatic heterocycles. The summed E-state index contributed by atoms with van der Waals surface area (Å²) in [4.78, 5) is 35.9. The van der Waals surface area contributed by atoms with Crippen molar-refractivity contribution in [1.29, 1.82) is 0 Å². The Labute approximate surface area is 159 Å². The number of rotatable bonds is 9. The monoisotopic (exact) mass is 376 g/mol. The number of nitrogens with one attached hydrogen (secondary N) is 2. The van der Waals surface area contributed by atoms with Gasteiger partial charge in [0.15, 0.2) is 0 Å². The highest BCUT2D eigenvalue weighted by atomic mass is 16.6. The van der Waals surface area contributed by atoms with Crippen LogP contribution in [-0.2, 0) is 19.1 Å². The molecule has 1 saturated carbocycles. The van der Waals surface area contributed by atoms with Gasteiger partial charge in [-0.05, 0) is 31.0 Å². The predicted molar refractivity (Wildman–Crippen MR) is 101 cm³/mol. The molecule has 7 heteroatoms. The maximum absolute atomic E-state index is 12.4. The van der Waals surface area contributed by atoms with Gasteiger partial charge < -0.3 is 20.1 Å². The van der Waals surface area contributed by atoms with Gasteiger partial charge in [-0.2, -0.15) is 0 Å². The minimum atomic E-state index is -0.442. The zero-order valence-corrected chi connectivity index (χ0v) is 15.8. The van der Waals surface area contributed by atoms with Crippen molar-refractivity contribution >= 4 is 23.5 Å². The fourth-order valence-electron chi connectivity index (χ4n) is 3.00. The van der Waals surface area contributed by atoms with Crippen LogP contribution in [0.1, 0.15) is 55.3 Å². The smallest absolute Gasteiger partial charge is 0.306 e. The molecule has 1 aromatic rings. The van der Waals surface area contributed by atoms with E-state index >= 15 is 0 Å². The topological polar surface area (TPSA) is 93.7 Å². The standard InChI is InChI=1S/C20H28N2O5/c1-26-12-13-27-19(24)11-10-18(23)21-17-9-5-6-15(14-17)20(25)22-16-7-3-2-4-8-16/h5-6,9,14,16H,2-4,7-8,10-13H2,1H3,(H,21,23)(H,22,25). The molecule has 27 heavy (non-hydrogen) atoms. The number of hydrogen-bond acceptors (Lipinski definition) is 5. The fourth-order valence-corrected chi connectivity index (χ4v) is 3.00. The Hall–Kier alpha value is -2.41. The van der Waals surface area contributed by atoms with Gasteiger partial charge in [-0.15, -0.1) is 0 Å². The van der Waals surface area contributed by atoms with Crippen LogP contribution in [0.25, 0.3) is 0 Å². The molecule has 0 heterocycles. The second-order valence-corrected chi connectivity index (χ2v) is 6.65. The third-order valence-corrected chi connectivity index (χ3v) is 4.46. The van der Waals surface area contributed by atoms with Crippen molar-refractivity contribution in [3.8, 4) is 0 Å². The molecule has 0 aromatic heterocycles. The number of carbonyl (C=O) groups is 3. The molecule has 0 radical (unpaired) electrons. The van der Waals surface area contributed by atoms with E-state index in [9.17, 15) is 14.4 Å². The lowest BCUT2D eigenvalue weighted by atomic mass is 9.95. The number of hydrogen-bond donors (Lipinski definition) is 2. The Morgan fingerprint density at radius 3 is 2.59 bits per heavy atom. The van der Waals surface area contributed by atoms with E-state index in [0.29, 0.717) is 17.9 Å². The normalized spacial score (nSPS) is 14.4. The van der Waals surface area contributed by atoms with Gasteiger partial charge >= 0.3 is 5.97 Å². The fraction of sp³-hybridized carbons (Fsp3) is 0.550. The highest BCUT2D eigenvalue weighted by molar-refractivity contribution is 5.97. The Balaban J connectivity index is 1.79. The van der Waals surface area contributed by atoms with E-state index in [4.69, 9.17) is 9.47 Å². The first kappa shape index (κ1) is 20.9. The summed E-state index contributed by atoms with van der Waals surface area (Å²) in [6, 6.07) is 7.04. The minimum absolute atomic E-state index is 0.00257. The third-order valence-electron chi connectivity index (χ3n) is 4.46. The Kier molecular flexibility index (Phi) is 8.77. The Bertz CT molecular complexity index is 641. The van der Waals surface area contributed by atoms with E-state index in [0.717, 1.165) is 25.7 Å². The molecule has 7 nitrogen and oxygen atoms in total. The summed E-state index contributed by atoms with van der Waals surface area (Å²) in [6.45, 7) is 0.503. The molecule has 0 atom stereocenters. The van der Waals surface area contributed by atoms with Crippen LogP contribution >= 0.6 is 0 Å². The number of amides is 2. The highest BCUT2D eigenvalue weighted by Gasteiger charge is 2.17. The van der Waals surface area contributed by atoms with Crippen LogP contribution < -0.4 is 10.6 Å². The minimum Gasteiger partial charge on any atom is -0.463 e. The molecule has 1 aliphatic carbocycles. The van der Waals surface area contributed by atoms with Crippen LogP contribution in [0.4, 0.5) is 5.69 Å². The van der Waals surface area contributed by atoms with E-state index in [1.165, 1.54) is 13.5 Å². The molecule has 0 saturated heterocycles. The predicted octanol–water partition coefficient (Wildman–Crippen LogP) is 2.66. The van der Waals surface area contributed by atoms with E-state index in [1.54, 1.807) is 24.3 Å². The SMILES string of the molecule is COCCOC(=O)CCC(=O)Nc1cccc(C(=O)NC2CCCCC2)c1. The van der Waals surface area contributed by atoms with E-state index < -0.39 is 5.97 Å². The summed E-state index contributed by atoms with van der Waals surface area (Å²) in [7, 11) is 1.52. The summed E-state index contributed by atoms with van der Waals surface area (Å²) in [5.41, 5.74) is 1.04. The molecule has 1 aliphatic rings. The molecule has 0 unspecified atom stereocenters. The molecule has 2 rings (SSSR count). The number of ether oxygens (including phenoxy) is 2. The van der Waals surface area contributed by atoms with Gasteiger partial charge in [0.1, 0.15) is 6.61 Å². The Morgan fingerprint density at radius 1 is 1.07 bits per heavy atom. The average Bonchev–Trinajstić information content (AvgIpc) is 2.67. The largest absolute Gasteiger partial charge is 0.463 e. The zero-order valence-electron chi connectivity index (χ0n) is 15.8. The first-order valence-corrected chi connectivity index (χ1v) is 9.44. The zero-order chi connectivity index (χ0) is 19.5. The molecule has 148 valence electrons. The molecule has 0 bridgehead atoms. The lowest BCUT2D eigenvalue weighted by Gasteiger charge is -2.22. The number of methoxy groups -OCH3 is 1. The van der Waals surface area contributed by atoms with Crippen molar-refractivity contribution < 1.29 is 23.9 Å². The van der Waals surface area contributed by atoms with Crippen LogP contribution in [0.3, 0.4) is 0 Å². The van der Waals surface area contributed by atoms with Crippen molar-refractivity contribution in [3.63, 3.8) is 0 Å². The van der Waals surface area contributed by atoms with Gasteiger partial charge in [-0.3, -0.25) is 14.4 Å². The highest BCUT2D eigenvalue weighted by Crippen LogP contribution is 2.18. The molecule has 2 N–H and O–H groups in total. The Morgan fingerprint density at radius 2 is 1.85 bits per heavy atom. The van der Waals surface area contributed by atoms with Crippen LogP contribution in [-0.4, -0.2) is 44.1 Å². The van der Waals surface area contributed by atoms with Gasteiger partial charge in [-0.25, -0.2) is 0 Å². The van der Waals surface area contributed by atoms with Gasteiger partial charge in [-0.1, -0.05) is 25.3 Å². The summed E-state index contributed by atoms with van der Waals surface area (Å²) in [6.07, 6.45) is 5.57. The maximum atomic E-state index is 12.4. The van der Waals surface area contributed by atoms with Crippen molar-refractivity contribution in [3.05, 3.63) is 29.8 Å². The number of benzene rings is 1. The lowest BCUT2D eigenvalue weighted by molar-refractivity contribution is -0.145. The maximum Gasteiger partial charge on any atom is 0.306 e. The van der Waals surface area contributed by atoms with Gasteiger partial charge in [0.25, 0.3) is 5.91 Å². The summed E-state index contributed by atoms with van der Waals surface area (Å²) >= 11 is 0. The lowest BCUT2D eigenvalue weighted by Crippen LogP contribution is -2.36. The van der Waals surface area contributed by atoms with Crippen LogP contribution in [0.5, 0.6) is 0 Å². The first-order valence-electron chi connectivity index (χ1n) is 9.44. The van der Waals surface area contributed by atoms with Crippen molar-refractivity contribution in [1.82, 2.24) is 5.32 Å². The number of carbonyl (C=O) groups excluding carboxylic acids is 3. The number of anilines is 1. The van der Waals surface area contributed by atoms with Crippen molar-refractivity contribution in [2.24, 2.45) is 0 Å². The number of esters is 1. The summed E-state index contributed by atoms with van der Waals surface area (Å²) in [5.74, 6) is -0.869. The molecular formula is C20H28N2O5. The second kappa shape index (κ2) is 11.3. The van der Waals surface area contributed by atoms with Crippen LogP contribution in [0.15, 0.2) is 24.3 Å². The first-order chi connectivity index (χ1) is 13.1. The molecule has 2 amide bonds. The van der Waals surface area contributed by atoms with Gasteiger partial charge in [0.05, 0.1) is 13.0 Å². The molecular weight excluding hydrogens is 348 g/mol. The van der Waals surface area contributed by atoms with Crippen molar-refractivity contribution in [2.75, 3.05) is 25.6 Å². The molecule has 1 aromatic carbocycles. The van der Waals surface area contributed by atoms with E-state index in [2.05, 4.69) is 10.6 Å². The van der Waals surface area contributed by atoms with Crippen molar-refractivity contribution in [2.45, 2.75) is 51.0 Å². The van der Waals surface area contributed by atoms with Gasteiger partial charge in [0.2, 0.25) is 5.91 Å². The average molecular weight is 376 g/mol. The van der Waals surface area contributed by atoms with E-state index in [1.807, 2.05) is 0 Å². The van der Waals surface area contributed by atoms with Crippen LogP contribution in [0, 0.1) is 0 Å². The van der Waals surface area contributed by atoms with Gasteiger partial charge in [0, 0.05) is 30.8 Å². The quantitative estimate of drug-likeness (QED) is 0.510. The van der Waals surface area contributed by atoms with Crippen LogP contribution in [0.2, 0.25) is 0 Å². The molecule has 0 spiro atoms.